The summed E-state index contributed by atoms with van der Waals surface area (Å²) in [6.45, 7) is 5.40. The minimum absolute atomic E-state index is 0.0266. The molecule has 0 saturated carbocycles. The molecule has 0 fully saturated rings. The summed E-state index contributed by atoms with van der Waals surface area (Å²) in [5.74, 6) is -0.334. The van der Waals surface area contributed by atoms with Gasteiger partial charge in [0.05, 0.1) is 34.4 Å². The van der Waals surface area contributed by atoms with E-state index < -0.39 is 13.9 Å². The zero-order chi connectivity index (χ0) is 43.4. The zero-order valence-corrected chi connectivity index (χ0v) is 40.6. The fourth-order valence-corrected chi connectivity index (χ4v) is 7.78. The van der Waals surface area contributed by atoms with E-state index in [0.29, 0.717) is 24.1 Å². The van der Waals surface area contributed by atoms with Gasteiger partial charge >= 0.3 is 5.97 Å². The summed E-state index contributed by atoms with van der Waals surface area (Å²) in [5, 5.41) is 0. The highest BCUT2D eigenvalue weighted by atomic mass is 31.2. The van der Waals surface area contributed by atoms with Gasteiger partial charge in [-0.25, -0.2) is 0 Å². The van der Waals surface area contributed by atoms with Crippen molar-refractivity contribution in [3.8, 4) is 0 Å². The molecular weight excluding hydrogens is 758 g/mol. The molecule has 9 heteroatoms. The standard InChI is InChI=1S/C50H98NO7P/c1-6-8-10-12-14-16-18-20-21-22-23-24-25-26-27-28-29-30-31-32-33-35-37-39-41-43-50(52)58-49(48-57-59(53,54)56-46-44-51(3,4)5)47-55-45-42-40-38-36-34-19-17-15-13-11-9-7-2/h13,15,22-23,49H,6-12,14,16-21,24-48H2,1-5H3/b15-13-,23-22-. The number of carbonyl (C=O) groups excluding carboxylic acids is 1. The van der Waals surface area contributed by atoms with Gasteiger partial charge in [-0.05, 0) is 57.8 Å². The van der Waals surface area contributed by atoms with Crippen molar-refractivity contribution in [1.29, 1.82) is 0 Å². The topological polar surface area (TPSA) is 94.1 Å². The highest BCUT2D eigenvalue weighted by Gasteiger charge is 2.20. The quantitative estimate of drug-likeness (QED) is 0.0198. The van der Waals surface area contributed by atoms with E-state index >= 15 is 0 Å². The molecule has 0 saturated heterocycles. The van der Waals surface area contributed by atoms with Gasteiger partial charge in [-0.1, -0.05) is 192 Å². The van der Waals surface area contributed by atoms with Crippen molar-refractivity contribution in [1.82, 2.24) is 0 Å². The molecular formula is C50H98NO7P. The van der Waals surface area contributed by atoms with Gasteiger partial charge in [-0.3, -0.25) is 9.36 Å². The van der Waals surface area contributed by atoms with Crippen molar-refractivity contribution >= 4 is 13.8 Å². The second kappa shape index (κ2) is 43.6. The normalized spacial score (nSPS) is 13.8. The third kappa shape index (κ3) is 47.9. The van der Waals surface area contributed by atoms with Crippen molar-refractivity contribution in [2.45, 2.75) is 238 Å². The first-order valence-corrected chi connectivity index (χ1v) is 26.5. The Morgan fingerprint density at radius 2 is 0.898 bits per heavy atom. The molecule has 0 aliphatic carbocycles. The monoisotopic (exact) mass is 856 g/mol. The van der Waals surface area contributed by atoms with Crippen LogP contribution in [0, 0.1) is 0 Å². The number of rotatable bonds is 47. The van der Waals surface area contributed by atoms with Gasteiger partial charge in [0, 0.05) is 13.0 Å². The predicted molar refractivity (Wildman–Crippen MR) is 250 cm³/mol. The van der Waals surface area contributed by atoms with Crippen LogP contribution in [-0.4, -0.2) is 70.7 Å². The maximum absolute atomic E-state index is 12.7. The Hall–Kier alpha value is -1.02. The number of esters is 1. The Morgan fingerprint density at radius 1 is 0.508 bits per heavy atom. The number of hydrogen-bond donors (Lipinski definition) is 0. The SMILES string of the molecule is CCCC/C=C\CCCCCCCCOCC(COP(=O)([O-])OCC[N+](C)(C)C)OC(=O)CCCCCCCCCCCCCCC/C=C\CCCCCCCCCC. The van der Waals surface area contributed by atoms with E-state index in [2.05, 4.69) is 38.2 Å². The van der Waals surface area contributed by atoms with Crippen LogP contribution in [0.25, 0.3) is 0 Å². The largest absolute Gasteiger partial charge is 0.756 e. The molecule has 0 aromatic heterocycles. The minimum Gasteiger partial charge on any atom is -0.756 e. The summed E-state index contributed by atoms with van der Waals surface area (Å²) >= 11 is 0. The average molecular weight is 856 g/mol. The van der Waals surface area contributed by atoms with Crippen LogP contribution in [0.4, 0.5) is 0 Å². The number of likely N-dealkylation sites (N-methyl/N-ethyl adjacent to an activating group) is 1. The highest BCUT2D eigenvalue weighted by Crippen LogP contribution is 2.38. The Kier molecular flexibility index (Phi) is 42.9. The van der Waals surface area contributed by atoms with Gasteiger partial charge in [-0.15, -0.1) is 0 Å². The third-order valence-corrected chi connectivity index (χ3v) is 11.9. The molecule has 0 rings (SSSR count). The molecule has 0 bridgehead atoms. The van der Waals surface area contributed by atoms with E-state index in [1.807, 2.05) is 21.1 Å². The molecule has 0 N–H and O–H groups in total. The number of quaternary nitrogens is 1. The lowest BCUT2D eigenvalue weighted by molar-refractivity contribution is -0.870. The summed E-state index contributed by atoms with van der Waals surface area (Å²) in [5.41, 5.74) is 0. The lowest BCUT2D eigenvalue weighted by Gasteiger charge is -2.28. The molecule has 2 atom stereocenters. The van der Waals surface area contributed by atoms with Crippen molar-refractivity contribution in [2.75, 3.05) is 54.1 Å². The Balaban J connectivity index is 4.04. The van der Waals surface area contributed by atoms with E-state index in [0.717, 1.165) is 32.1 Å². The number of phosphoric acid groups is 1. The van der Waals surface area contributed by atoms with Crippen LogP contribution < -0.4 is 4.89 Å². The molecule has 0 amide bonds. The number of hydrogen-bond acceptors (Lipinski definition) is 7. The van der Waals surface area contributed by atoms with Crippen LogP contribution in [0.1, 0.15) is 232 Å². The third-order valence-electron chi connectivity index (χ3n) is 11.0. The Bertz CT molecular complexity index is 998. The molecule has 0 aliphatic rings. The zero-order valence-electron chi connectivity index (χ0n) is 39.7. The fourth-order valence-electron chi connectivity index (χ4n) is 7.05. The van der Waals surface area contributed by atoms with E-state index in [1.54, 1.807) is 0 Å². The van der Waals surface area contributed by atoms with Crippen molar-refractivity contribution in [2.24, 2.45) is 0 Å². The number of carbonyl (C=O) groups is 1. The maximum Gasteiger partial charge on any atom is 0.306 e. The second-order valence-corrected chi connectivity index (χ2v) is 19.6. The van der Waals surface area contributed by atoms with Gasteiger partial charge < -0.3 is 27.9 Å². The Morgan fingerprint density at radius 3 is 1.34 bits per heavy atom. The Labute approximate surface area is 366 Å². The van der Waals surface area contributed by atoms with Crippen LogP contribution in [0.15, 0.2) is 24.3 Å². The molecule has 0 heterocycles. The molecule has 0 aliphatic heterocycles. The fraction of sp³-hybridized carbons (Fsp3) is 0.900. The molecule has 0 spiro atoms. The van der Waals surface area contributed by atoms with Crippen LogP contribution in [-0.2, 0) is 27.9 Å². The first kappa shape index (κ1) is 58.0. The van der Waals surface area contributed by atoms with Crippen molar-refractivity contribution in [3.05, 3.63) is 24.3 Å². The van der Waals surface area contributed by atoms with Crippen LogP contribution in [0.3, 0.4) is 0 Å². The smallest absolute Gasteiger partial charge is 0.306 e. The van der Waals surface area contributed by atoms with Gasteiger partial charge in [0.2, 0.25) is 0 Å². The van der Waals surface area contributed by atoms with Crippen LogP contribution in [0.5, 0.6) is 0 Å². The first-order valence-electron chi connectivity index (χ1n) is 25.1. The summed E-state index contributed by atoms with van der Waals surface area (Å²) in [7, 11) is 1.36. The first-order chi connectivity index (χ1) is 28.6. The molecule has 2 unspecified atom stereocenters. The van der Waals surface area contributed by atoms with Gasteiger partial charge in [0.15, 0.2) is 0 Å². The molecule has 0 radical (unpaired) electrons. The van der Waals surface area contributed by atoms with Gasteiger partial charge in [0.25, 0.3) is 7.82 Å². The van der Waals surface area contributed by atoms with Gasteiger partial charge in [-0.2, -0.15) is 0 Å². The second-order valence-electron chi connectivity index (χ2n) is 18.2. The van der Waals surface area contributed by atoms with Gasteiger partial charge in [0.1, 0.15) is 19.3 Å². The average Bonchev–Trinajstić information content (AvgIpc) is 3.19. The predicted octanol–water partition coefficient (Wildman–Crippen LogP) is 14.5. The lowest BCUT2D eigenvalue weighted by atomic mass is 10.0. The summed E-state index contributed by atoms with van der Waals surface area (Å²) in [6, 6.07) is 0. The van der Waals surface area contributed by atoms with Crippen molar-refractivity contribution < 1.29 is 37.3 Å². The summed E-state index contributed by atoms with van der Waals surface area (Å²) in [6.07, 6.45) is 50.6. The number of ether oxygens (including phenoxy) is 2. The van der Waals surface area contributed by atoms with E-state index in [9.17, 15) is 14.3 Å². The number of allylic oxidation sites excluding steroid dienone is 4. The van der Waals surface area contributed by atoms with Crippen molar-refractivity contribution in [3.63, 3.8) is 0 Å². The minimum atomic E-state index is -4.52. The van der Waals surface area contributed by atoms with E-state index in [4.69, 9.17) is 18.5 Å². The maximum atomic E-state index is 12.7. The number of nitrogens with zero attached hydrogens (tertiary/aromatic N) is 1. The molecule has 8 nitrogen and oxygen atoms in total. The summed E-state index contributed by atoms with van der Waals surface area (Å²) in [4.78, 5) is 25.1. The molecule has 350 valence electrons. The number of unbranched alkanes of at least 4 members (excludes halogenated alkanes) is 29. The molecule has 59 heavy (non-hydrogen) atoms. The van der Waals surface area contributed by atoms with Crippen LogP contribution in [0.2, 0.25) is 0 Å². The van der Waals surface area contributed by atoms with E-state index in [-0.39, 0.29) is 25.8 Å². The molecule has 0 aromatic carbocycles. The molecule has 0 aromatic rings. The number of phosphoric ester groups is 1. The lowest BCUT2D eigenvalue weighted by Crippen LogP contribution is -2.37. The van der Waals surface area contributed by atoms with E-state index in [1.165, 1.54) is 180 Å². The van der Waals surface area contributed by atoms with Crippen LogP contribution >= 0.6 is 7.82 Å². The highest BCUT2D eigenvalue weighted by molar-refractivity contribution is 7.45. The summed E-state index contributed by atoms with van der Waals surface area (Å²) < 4.78 is 34.6.